The zero-order chi connectivity index (χ0) is 35.1. The second kappa shape index (κ2) is 13.1. The van der Waals surface area contributed by atoms with Gasteiger partial charge in [-0.25, -0.2) is 15.0 Å². The number of pyridine rings is 1. The molecule has 0 unspecified atom stereocenters. The van der Waals surface area contributed by atoms with Crippen LogP contribution in [0.2, 0.25) is 0 Å². The van der Waals surface area contributed by atoms with Crippen LogP contribution < -0.4 is 0 Å². The topological polar surface area (TPSA) is 38.7 Å². The van der Waals surface area contributed by atoms with Gasteiger partial charge in [-0.3, -0.25) is 0 Å². The van der Waals surface area contributed by atoms with Crippen molar-refractivity contribution in [2.75, 3.05) is 0 Å². The van der Waals surface area contributed by atoms with Crippen molar-refractivity contribution >= 4 is 42.4 Å². The third-order valence-electron chi connectivity index (χ3n) is 9.91. The molecule has 0 saturated heterocycles. The average Bonchev–Trinajstić information content (AvgIpc) is 3.64. The van der Waals surface area contributed by atoms with Crippen LogP contribution in [0.5, 0.6) is 0 Å². The number of nitrogens with zero attached hydrogens (tertiary/aromatic N) is 3. The van der Waals surface area contributed by atoms with E-state index in [4.69, 9.17) is 15.0 Å². The first-order valence-corrected chi connectivity index (χ1v) is 18.6. The lowest BCUT2D eigenvalue weighted by Gasteiger charge is -2.11. The Morgan fingerprint density at radius 1 is 0.340 bits per heavy atom. The monoisotopic (exact) mass is 693 g/mol. The molecule has 0 N–H and O–H groups in total. The van der Waals surface area contributed by atoms with Crippen molar-refractivity contribution in [2.24, 2.45) is 0 Å². The van der Waals surface area contributed by atoms with Crippen LogP contribution in [0.1, 0.15) is 0 Å². The minimum absolute atomic E-state index is 0.709. The van der Waals surface area contributed by atoms with Gasteiger partial charge < -0.3 is 0 Å². The average molecular weight is 694 g/mol. The smallest absolute Gasteiger partial charge is 0.160 e. The first kappa shape index (κ1) is 31.0. The number of benzene rings is 7. The maximum Gasteiger partial charge on any atom is 0.160 e. The van der Waals surface area contributed by atoms with Crippen LogP contribution in [0.15, 0.2) is 188 Å². The fourth-order valence-corrected chi connectivity index (χ4v) is 8.44. The van der Waals surface area contributed by atoms with E-state index in [1.54, 1.807) is 0 Å². The van der Waals surface area contributed by atoms with Crippen molar-refractivity contribution in [1.82, 2.24) is 15.0 Å². The van der Waals surface area contributed by atoms with Crippen LogP contribution in [0.25, 0.3) is 98.5 Å². The predicted molar refractivity (Wildman–Crippen MR) is 223 cm³/mol. The fourth-order valence-electron chi connectivity index (χ4n) is 7.20. The lowest BCUT2D eigenvalue weighted by molar-refractivity contribution is 1.18. The molecule has 10 rings (SSSR count). The molecule has 0 bridgehead atoms. The van der Waals surface area contributed by atoms with Crippen molar-refractivity contribution in [3.8, 4) is 67.4 Å². The van der Waals surface area contributed by atoms with Gasteiger partial charge in [0.15, 0.2) is 5.82 Å². The molecule has 3 aromatic heterocycles. The summed E-state index contributed by atoms with van der Waals surface area (Å²) in [6.07, 6.45) is 0. The van der Waals surface area contributed by atoms with Gasteiger partial charge in [0.05, 0.1) is 22.6 Å². The zero-order valence-corrected chi connectivity index (χ0v) is 29.5. The summed E-state index contributed by atoms with van der Waals surface area (Å²) >= 11 is 1.85. The van der Waals surface area contributed by atoms with Gasteiger partial charge in [0, 0.05) is 47.8 Å². The molecule has 0 aliphatic carbocycles. The molecule has 0 aliphatic rings. The summed E-state index contributed by atoms with van der Waals surface area (Å²) in [5, 5.41) is 3.69. The van der Waals surface area contributed by atoms with Gasteiger partial charge in [-0.1, -0.05) is 170 Å². The predicted octanol–water partition coefficient (Wildman–Crippen LogP) is 13.4. The van der Waals surface area contributed by atoms with Crippen LogP contribution >= 0.6 is 11.3 Å². The lowest BCUT2D eigenvalue weighted by Crippen LogP contribution is -1.95. The van der Waals surface area contributed by atoms with E-state index in [1.165, 1.54) is 25.6 Å². The highest BCUT2D eigenvalue weighted by atomic mass is 32.1. The number of hydrogen-bond donors (Lipinski definition) is 0. The van der Waals surface area contributed by atoms with E-state index < -0.39 is 0 Å². The number of hydrogen-bond acceptors (Lipinski definition) is 4. The summed E-state index contributed by atoms with van der Waals surface area (Å²) in [6.45, 7) is 0. The van der Waals surface area contributed by atoms with Gasteiger partial charge >= 0.3 is 0 Å². The molecule has 0 aliphatic heterocycles. The Kier molecular flexibility index (Phi) is 7.67. The Morgan fingerprint density at radius 3 is 1.43 bits per heavy atom. The van der Waals surface area contributed by atoms with Crippen LogP contribution in [0.4, 0.5) is 0 Å². The maximum atomic E-state index is 5.32. The zero-order valence-electron chi connectivity index (χ0n) is 28.6. The molecule has 0 fully saturated rings. The van der Waals surface area contributed by atoms with E-state index in [0.717, 1.165) is 67.1 Å². The van der Waals surface area contributed by atoms with E-state index >= 15 is 0 Å². The summed E-state index contributed by atoms with van der Waals surface area (Å²) in [5.74, 6) is 0.709. The standard InChI is InChI=1S/C49H31N3S/c1-4-12-35(13-5-1)42-31-43(36-14-6-2-7-15-36)52-49(51-42)38-26-24-33(25-27-38)32-20-22-34(23-21-32)39-28-29-40-44(30-39)50-47(37-16-8-3-9-17-37)46-41-18-10-11-19-45(41)53-48(40)46/h1-31H. The third-order valence-corrected chi connectivity index (χ3v) is 11.1. The van der Waals surface area contributed by atoms with Gasteiger partial charge in [-0.15, -0.1) is 11.3 Å². The van der Waals surface area contributed by atoms with E-state index in [2.05, 4.69) is 152 Å². The van der Waals surface area contributed by atoms with Crippen LogP contribution in [-0.4, -0.2) is 15.0 Å². The van der Waals surface area contributed by atoms with Crippen LogP contribution in [0.3, 0.4) is 0 Å². The SMILES string of the molecule is c1ccc(-c2cc(-c3ccccc3)nc(-c3ccc(-c4ccc(-c5ccc6c(c5)nc(-c5ccccc5)c5c7ccccc7sc65)cc4)cc3)n2)cc1. The summed E-state index contributed by atoms with van der Waals surface area (Å²) in [4.78, 5) is 15.3. The number of rotatable bonds is 6. The summed E-state index contributed by atoms with van der Waals surface area (Å²) in [5.41, 5.74) is 12.7. The largest absolute Gasteiger partial charge is 0.247 e. The van der Waals surface area contributed by atoms with Gasteiger partial charge in [-0.05, 0) is 40.5 Å². The Balaban J connectivity index is 0.982. The molecule has 0 saturated carbocycles. The molecule has 10 aromatic rings. The quantitative estimate of drug-likeness (QED) is 0.174. The molecule has 4 heteroatoms. The second-order valence-electron chi connectivity index (χ2n) is 13.2. The van der Waals surface area contributed by atoms with Crippen molar-refractivity contribution in [3.63, 3.8) is 0 Å². The highest BCUT2D eigenvalue weighted by Crippen LogP contribution is 2.43. The number of fused-ring (bicyclic) bond motifs is 5. The molecule has 53 heavy (non-hydrogen) atoms. The Hall–Kier alpha value is -6.75. The molecule has 3 heterocycles. The normalized spacial score (nSPS) is 11.4. The van der Waals surface area contributed by atoms with Crippen molar-refractivity contribution in [2.45, 2.75) is 0 Å². The molecule has 0 radical (unpaired) electrons. The van der Waals surface area contributed by atoms with Gasteiger partial charge in [-0.2, -0.15) is 0 Å². The highest BCUT2D eigenvalue weighted by molar-refractivity contribution is 7.26. The Morgan fingerprint density at radius 2 is 0.830 bits per heavy atom. The van der Waals surface area contributed by atoms with E-state index in [9.17, 15) is 0 Å². The molecule has 3 nitrogen and oxygen atoms in total. The summed E-state index contributed by atoms with van der Waals surface area (Å²) in [6, 6.07) is 66.0. The molecule has 0 amide bonds. The minimum Gasteiger partial charge on any atom is -0.247 e. The summed E-state index contributed by atoms with van der Waals surface area (Å²) < 4.78 is 2.57. The van der Waals surface area contributed by atoms with Crippen LogP contribution in [0, 0.1) is 0 Å². The maximum absolute atomic E-state index is 5.32. The highest BCUT2D eigenvalue weighted by Gasteiger charge is 2.17. The first-order chi connectivity index (χ1) is 26.2. The van der Waals surface area contributed by atoms with E-state index in [-0.39, 0.29) is 0 Å². The van der Waals surface area contributed by atoms with Gasteiger partial charge in [0.25, 0.3) is 0 Å². The molecule has 248 valence electrons. The first-order valence-electron chi connectivity index (χ1n) is 17.8. The molecule has 7 aromatic carbocycles. The van der Waals surface area contributed by atoms with Crippen molar-refractivity contribution in [1.29, 1.82) is 0 Å². The Bertz CT molecular complexity index is 2840. The van der Waals surface area contributed by atoms with Gasteiger partial charge in [0.2, 0.25) is 0 Å². The number of thiophene rings is 1. The third kappa shape index (κ3) is 5.76. The molecular formula is C49H31N3S. The Labute approximate surface area is 311 Å². The van der Waals surface area contributed by atoms with E-state index in [0.29, 0.717) is 5.82 Å². The number of aromatic nitrogens is 3. The van der Waals surface area contributed by atoms with Crippen molar-refractivity contribution < 1.29 is 0 Å². The van der Waals surface area contributed by atoms with E-state index in [1.807, 2.05) is 47.7 Å². The van der Waals surface area contributed by atoms with Crippen molar-refractivity contribution in [3.05, 3.63) is 188 Å². The van der Waals surface area contributed by atoms with Crippen LogP contribution in [-0.2, 0) is 0 Å². The fraction of sp³-hybridized carbons (Fsp3) is 0. The molecule has 0 spiro atoms. The molecule has 0 atom stereocenters. The minimum atomic E-state index is 0.709. The molecular weight excluding hydrogens is 663 g/mol. The lowest BCUT2D eigenvalue weighted by atomic mass is 9.97. The second-order valence-corrected chi connectivity index (χ2v) is 14.3. The van der Waals surface area contributed by atoms with Gasteiger partial charge in [0.1, 0.15) is 0 Å². The summed E-state index contributed by atoms with van der Waals surface area (Å²) in [7, 11) is 0.